The van der Waals surface area contributed by atoms with Crippen molar-refractivity contribution < 1.29 is 14.5 Å². The molecule has 0 saturated heterocycles. The van der Waals surface area contributed by atoms with Gasteiger partial charge in [-0.3, -0.25) is 14.9 Å². The zero-order valence-electron chi connectivity index (χ0n) is 13.9. The van der Waals surface area contributed by atoms with Gasteiger partial charge in [-0.05, 0) is 43.4 Å². The second-order valence-corrected chi connectivity index (χ2v) is 6.53. The van der Waals surface area contributed by atoms with Crippen molar-refractivity contribution in [2.24, 2.45) is 0 Å². The van der Waals surface area contributed by atoms with E-state index in [-0.39, 0.29) is 18.2 Å². The summed E-state index contributed by atoms with van der Waals surface area (Å²) in [6.45, 7) is 2.11. The molecule has 0 radical (unpaired) electrons. The number of benzene rings is 2. The topological polar surface area (TPSA) is 81.5 Å². The number of nitrogens with zero attached hydrogens (tertiary/aromatic N) is 1. The molecule has 2 rings (SSSR count). The predicted molar refractivity (Wildman–Crippen MR) is 98.1 cm³/mol. The molecular weight excluding hydrogens is 340 g/mol. The molecule has 0 aliphatic heterocycles. The number of hydrogen-bond donors (Lipinski definition) is 1. The number of ether oxygens (including phenoxy) is 1. The van der Waals surface area contributed by atoms with Crippen LogP contribution in [0.25, 0.3) is 0 Å². The number of rotatable bonds is 9. The van der Waals surface area contributed by atoms with Gasteiger partial charge in [-0.2, -0.15) is 0 Å². The van der Waals surface area contributed by atoms with Gasteiger partial charge in [0.05, 0.1) is 4.92 Å². The van der Waals surface area contributed by atoms with Crippen LogP contribution in [0.2, 0.25) is 0 Å². The van der Waals surface area contributed by atoms with Crippen molar-refractivity contribution in [3.05, 3.63) is 64.2 Å². The molecule has 132 valence electrons. The van der Waals surface area contributed by atoms with E-state index in [0.29, 0.717) is 17.9 Å². The molecule has 0 fully saturated rings. The number of aryl methyl sites for hydroxylation is 1. The second-order valence-electron chi connectivity index (χ2n) is 5.36. The van der Waals surface area contributed by atoms with Crippen LogP contribution in [0.4, 0.5) is 5.69 Å². The molecule has 0 saturated carbocycles. The maximum absolute atomic E-state index is 11.8. The zero-order valence-corrected chi connectivity index (χ0v) is 14.8. The molecule has 0 atom stereocenters. The molecule has 0 unspecified atom stereocenters. The monoisotopic (exact) mass is 360 g/mol. The van der Waals surface area contributed by atoms with Crippen LogP contribution in [0, 0.1) is 17.0 Å². The smallest absolute Gasteiger partial charge is 0.272 e. The third kappa shape index (κ3) is 6.46. The summed E-state index contributed by atoms with van der Waals surface area (Å²) in [7, 11) is 0. The fourth-order valence-electron chi connectivity index (χ4n) is 2.13. The quantitative estimate of drug-likeness (QED) is 0.320. The lowest BCUT2D eigenvalue weighted by atomic mass is 10.2. The summed E-state index contributed by atoms with van der Waals surface area (Å²) < 4.78 is 5.37. The Kier molecular flexibility index (Phi) is 7.28. The van der Waals surface area contributed by atoms with E-state index in [4.69, 9.17) is 4.74 Å². The predicted octanol–water partition coefficient (Wildman–Crippen LogP) is 3.58. The average Bonchev–Trinajstić information content (AvgIpc) is 2.60. The first-order valence-electron chi connectivity index (χ1n) is 7.88. The fraction of sp³-hybridized carbons (Fsp3) is 0.278. The minimum Gasteiger partial charge on any atom is -0.484 e. The summed E-state index contributed by atoms with van der Waals surface area (Å²) in [5, 5.41) is 13.6. The number of amides is 1. The molecule has 1 N–H and O–H groups in total. The van der Waals surface area contributed by atoms with Crippen LogP contribution < -0.4 is 10.1 Å². The minimum absolute atomic E-state index is 0.0349. The van der Waals surface area contributed by atoms with E-state index in [1.54, 1.807) is 24.8 Å². The van der Waals surface area contributed by atoms with E-state index in [2.05, 4.69) is 17.4 Å². The number of nitrogens with one attached hydrogen (secondary N) is 1. The fourth-order valence-corrected chi connectivity index (χ4v) is 3.00. The number of hydrogen-bond acceptors (Lipinski definition) is 5. The standard InChI is InChI=1S/C18H20N2O4S/c1-14-12-15(8-9-17(14)20(22)23)24-13-18(21)19-10-5-11-25-16-6-3-2-4-7-16/h2-4,6-9,12H,5,10-11,13H2,1H3,(H,19,21). The molecule has 0 aliphatic carbocycles. The van der Waals surface area contributed by atoms with E-state index in [1.165, 1.54) is 17.0 Å². The first-order valence-corrected chi connectivity index (χ1v) is 8.87. The van der Waals surface area contributed by atoms with Gasteiger partial charge in [-0.15, -0.1) is 11.8 Å². The van der Waals surface area contributed by atoms with Crippen LogP contribution >= 0.6 is 11.8 Å². The summed E-state index contributed by atoms with van der Waals surface area (Å²) >= 11 is 1.75. The molecule has 0 aliphatic rings. The lowest BCUT2D eigenvalue weighted by Gasteiger charge is -2.08. The van der Waals surface area contributed by atoms with Crippen molar-refractivity contribution in [3.8, 4) is 5.75 Å². The van der Waals surface area contributed by atoms with Crippen LogP contribution in [0.3, 0.4) is 0 Å². The van der Waals surface area contributed by atoms with Crippen molar-refractivity contribution in [3.63, 3.8) is 0 Å². The lowest BCUT2D eigenvalue weighted by molar-refractivity contribution is -0.385. The van der Waals surface area contributed by atoms with Gasteiger partial charge in [0.25, 0.3) is 11.6 Å². The Bertz CT molecular complexity index is 722. The van der Waals surface area contributed by atoms with Crippen LogP contribution in [0.1, 0.15) is 12.0 Å². The molecule has 2 aromatic carbocycles. The first-order chi connectivity index (χ1) is 12.1. The van der Waals surface area contributed by atoms with E-state index >= 15 is 0 Å². The number of carbonyl (C=O) groups excluding carboxylic acids is 1. The molecule has 6 nitrogen and oxygen atoms in total. The maximum Gasteiger partial charge on any atom is 0.272 e. The third-order valence-electron chi connectivity index (χ3n) is 3.39. The Morgan fingerprint density at radius 3 is 2.68 bits per heavy atom. The maximum atomic E-state index is 11.8. The molecule has 2 aromatic rings. The number of nitro benzene ring substituents is 1. The van der Waals surface area contributed by atoms with Crippen LogP contribution in [0.5, 0.6) is 5.75 Å². The van der Waals surface area contributed by atoms with Gasteiger partial charge < -0.3 is 10.1 Å². The van der Waals surface area contributed by atoms with Gasteiger partial charge in [0.1, 0.15) is 5.75 Å². The van der Waals surface area contributed by atoms with Crippen LogP contribution in [-0.2, 0) is 4.79 Å². The molecule has 0 bridgehead atoms. The number of thioether (sulfide) groups is 1. The van der Waals surface area contributed by atoms with Gasteiger partial charge >= 0.3 is 0 Å². The number of nitro groups is 1. The highest BCUT2D eigenvalue weighted by molar-refractivity contribution is 7.99. The highest BCUT2D eigenvalue weighted by atomic mass is 32.2. The molecular formula is C18H20N2O4S. The first kappa shape index (κ1) is 18.8. The molecule has 0 heterocycles. The largest absolute Gasteiger partial charge is 0.484 e. The van der Waals surface area contributed by atoms with Crippen molar-refractivity contribution in [2.45, 2.75) is 18.2 Å². The van der Waals surface area contributed by atoms with E-state index in [1.807, 2.05) is 18.2 Å². The van der Waals surface area contributed by atoms with E-state index < -0.39 is 4.92 Å². The summed E-state index contributed by atoms with van der Waals surface area (Å²) in [5.74, 6) is 1.16. The van der Waals surface area contributed by atoms with Crippen molar-refractivity contribution in [2.75, 3.05) is 18.9 Å². The molecule has 25 heavy (non-hydrogen) atoms. The van der Waals surface area contributed by atoms with Crippen LogP contribution in [-0.4, -0.2) is 29.7 Å². The normalized spacial score (nSPS) is 10.3. The van der Waals surface area contributed by atoms with Crippen molar-refractivity contribution >= 4 is 23.4 Å². The second kappa shape index (κ2) is 9.68. The molecule has 0 spiro atoms. The third-order valence-corrected chi connectivity index (χ3v) is 4.49. The average molecular weight is 360 g/mol. The Balaban J connectivity index is 1.64. The van der Waals surface area contributed by atoms with Crippen LogP contribution in [0.15, 0.2) is 53.4 Å². The molecule has 0 aromatic heterocycles. The summed E-state index contributed by atoms with van der Waals surface area (Å²) in [6.07, 6.45) is 0.863. The van der Waals surface area contributed by atoms with Gasteiger partial charge in [0.15, 0.2) is 6.61 Å². The summed E-state index contributed by atoms with van der Waals surface area (Å²) in [6, 6.07) is 14.5. The van der Waals surface area contributed by atoms with Gasteiger partial charge in [-0.25, -0.2) is 0 Å². The SMILES string of the molecule is Cc1cc(OCC(=O)NCCCSc2ccccc2)ccc1[N+](=O)[O-]. The van der Waals surface area contributed by atoms with Crippen molar-refractivity contribution in [1.29, 1.82) is 0 Å². The van der Waals surface area contributed by atoms with E-state index in [9.17, 15) is 14.9 Å². The van der Waals surface area contributed by atoms with Gasteiger partial charge in [0, 0.05) is 23.1 Å². The number of carbonyl (C=O) groups is 1. The highest BCUT2D eigenvalue weighted by Gasteiger charge is 2.11. The van der Waals surface area contributed by atoms with E-state index in [0.717, 1.165) is 12.2 Å². The Morgan fingerprint density at radius 2 is 2.00 bits per heavy atom. The Hall–Kier alpha value is -2.54. The molecule has 1 amide bonds. The van der Waals surface area contributed by atoms with Crippen molar-refractivity contribution in [1.82, 2.24) is 5.32 Å². The Morgan fingerprint density at radius 1 is 1.24 bits per heavy atom. The Labute approximate surface area is 150 Å². The highest BCUT2D eigenvalue weighted by Crippen LogP contribution is 2.23. The summed E-state index contributed by atoms with van der Waals surface area (Å²) in [5.41, 5.74) is 0.536. The lowest BCUT2D eigenvalue weighted by Crippen LogP contribution is -2.29. The summed E-state index contributed by atoms with van der Waals surface area (Å²) in [4.78, 5) is 23.3. The minimum atomic E-state index is -0.445. The van der Waals surface area contributed by atoms with Gasteiger partial charge in [-0.1, -0.05) is 18.2 Å². The van der Waals surface area contributed by atoms with Gasteiger partial charge in [0.2, 0.25) is 0 Å². The zero-order chi connectivity index (χ0) is 18.1. The molecule has 7 heteroatoms.